The minimum absolute atomic E-state index is 0.0479. The summed E-state index contributed by atoms with van der Waals surface area (Å²) in [6, 6.07) is 4.99. The van der Waals surface area contributed by atoms with Crippen LogP contribution in [0.2, 0.25) is 0 Å². The lowest BCUT2D eigenvalue weighted by Crippen LogP contribution is -2.24. The smallest absolute Gasteiger partial charge is 0.263 e. The van der Waals surface area contributed by atoms with Gasteiger partial charge in [0.2, 0.25) is 6.79 Å². The number of ether oxygens (including phenoxy) is 2. The molecule has 7 nitrogen and oxygen atoms in total. The Morgan fingerprint density at radius 2 is 2.15 bits per heavy atom. The highest BCUT2D eigenvalue weighted by Crippen LogP contribution is 2.34. The number of fused-ring (bicyclic) bond motifs is 1. The van der Waals surface area contributed by atoms with Gasteiger partial charge in [0.15, 0.2) is 11.5 Å². The Morgan fingerprint density at radius 1 is 1.35 bits per heavy atom. The van der Waals surface area contributed by atoms with Gasteiger partial charge in [0.25, 0.3) is 11.5 Å². The quantitative estimate of drug-likeness (QED) is 0.853. The van der Waals surface area contributed by atoms with Crippen LogP contribution >= 0.6 is 0 Å². The Bertz CT molecular complexity index is 739. The summed E-state index contributed by atoms with van der Waals surface area (Å²) in [6.45, 7) is 1.80. The SMILES string of the molecule is Cc1ncc(C(=O)Nc2ccc3c(c2)OCO3)c(=O)[nH]1. The number of anilines is 1. The van der Waals surface area contributed by atoms with Crippen molar-refractivity contribution in [1.82, 2.24) is 9.97 Å². The maximum Gasteiger partial charge on any atom is 0.263 e. The van der Waals surface area contributed by atoms with Gasteiger partial charge in [-0.05, 0) is 19.1 Å². The summed E-state index contributed by atoms with van der Waals surface area (Å²) in [6.07, 6.45) is 1.25. The largest absolute Gasteiger partial charge is 0.454 e. The zero-order valence-corrected chi connectivity index (χ0v) is 10.6. The lowest BCUT2D eigenvalue weighted by molar-refractivity contribution is 0.102. The average Bonchev–Trinajstić information content (AvgIpc) is 2.85. The van der Waals surface area contributed by atoms with Crippen molar-refractivity contribution in [2.75, 3.05) is 12.1 Å². The van der Waals surface area contributed by atoms with E-state index in [-0.39, 0.29) is 12.4 Å². The maximum atomic E-state index is 12.0. The average molecular weight is 273 g/mol. The summed E-state index contributed by atoms with van der Waals surface area (Å²) in [7, 11) is 0. The van der Waals surface area contributed by atoms with E-state index >= 15 is 0 Å². The van der Waals surface area contributed by atoms with Crippen molar-refractivity contribution in [1.29, 1.82) is 0 Å². The number of nitrogens with one attached hydrogen (secondary N) is 2. The topological polar surface area (TPSA) is 93.3 Å². The van der Waals surface area contributed by atoms with Gasteiger partial charge in [0.05, 0.1) is 0 Å². The van der Waals surface area contributed by atoms with Crippen LogP contribution in [0, 0.1) is 6.92 Å². The van der Waals surface area contributed by atoms with Crippen LogP contribution in [0.15, 0.2) is 29.2 Å². The molecule has 1 amide bonds. The molecule has 2 N–H and O–H groups in total. The van der Waals surface area contributed by atoms with Gasteiger partial charge in [-0.1, -0.05) is 0 Å². The van der Waals surface area contributed by atoms with Gasteiger partial charge in [-0.25, -0.2) is 4.98 Å². The molecule has 0 bridgehead atoms. The molecule has 1 aromatic heterocycles. The molecule has 0 radical (unpaired) electrons. The highest BCUT2D eigenvalue weighted by Gasteiger charge is 2.16. The molecule has 20 heavy (non-hydrogen) atoms. The molecule has 0 aliphatic carbocycles. The van der Waals surface area contributed by atoms with Crippen molar-refractivity contribution in [3.05, 3.63) is 46.1 Å². The van der Waals surface area contributed by atoms with E-state index in [9.17, 15) is 9.59 Å². The molecule has 3 rings (SSSR count). The number of aromatic nitrogens is 2. The summed E-state index contributed by atoms with van der Waals surface area (Å²) in [5.41, 5.74) is -0.0109. The van der Waals surface area contributed by atoms with Crippen molar-refractivity contribution >= 4 is 11.6 Å². The van der Waals surface area contributed by atoms with Crippen LogP contribution in [-0.2, 0) is 0 Å². The van der Waals surface area contributed by atoms with Crippen LogP contribution in [0.4, 0.5) is 5.69 Å². The third-order valence-corrected chi connectivity index (χ3v) is 2.80. The zero-order valence-electron chi connectivity index (χ0n) is 10.6. The minimum Gasteiger partial charge on any atom is -0.454 e. The number of hydrogen-bond donors (Lipinski definition) is 2. The van der Waals surface area contributed by atoms with Gasteiger partial charge in [-0.2, -0.15) is 0 Å². The first-order valence-electron chi connectivity index (χ1n) is 5.90. The predicted octanol–water partition coefficient (Wildman–Crippen LogP) is 1.06. The maximum absolute atomic E-state index is 12.0. The van der Waals surface area contributed by atoms with Gasteiger partial charge < -0.3 is 19.8 Å². The molecule has 0 fully saturated rings. The van der Waals surface area contributed by atoms with Crippen molar-refractivity contribution in [3.63, 3.8) is 0 Å². The molecular formula is C13H11N3O4. The molecule has 7 heteroatoms. The van der Waals surface area contributed by atoms with E-state index < -0.39 is 11.5 Å². The third kappa shape index (κ3) is 2.20. The molecule has 1 aliphatic rings. The second-order valence-electron chi connectivity index (χ2n) is 4.23. The fraction of sp³-hybridized carbons (Fsp3) is 0.154. The van der Waals surface area contributed by atoms with Gasteiger partial charge in [0, 0.05) is 18.0 Å². The summed E-state index contributed by atoms with van der Waals surface area (Å²) < 4.78 is 10.4. The first-order chi connectivity index (χ1) is 9.63. The fourth-order valence-electron chi connectivity index (χ4n) is 1.82. The van der Waals surface area contributed by atoms with Crippen molar-refractivity contribution < 1.29 is 14.3 Å². The van der Waals surface area contributed by atoms with Crippen molar-refractivity contribution in [3.8, 4) is 11.5 Å². The molecule has 2 aromatic rings. The molecule has 102 valence electrons. The molecule has 0 atom stereocenters. The molecule has 1 aromatic carbocycles. The molecule has 2 heterocycles. The Balaban J connectivity index is 1.84. The third-order valence-electron chi connectivity index (χ3n) is 2.80. The molecule has 0 unspecified atom stereocenters. The van der Waals surface area contributed by atoms with E-state index in [1.807, 2.05) is 0 Å². The van der Waals surface area contributed by atoms with E-state index in [2.05, 4.69) is 15.3 Å². The Labute approximate surface area is 113 Å². The van der Waals surface area contributed by atoms with Gasteiger partial charge in [0.1, 0.15) is 11.4 Å². The standard InChI is InChI=1S/C13H11N3O4/c1-7-14-5-9(12(17)15-7)13(18)16-8-2-3-10-11(4-8)20-6-19-10/h2-5H,6H2,1H3,(H,16,18)(H,14,15,17). The lowest BCUT2D eigenvalue weighted by Gasteiger charge is -2.05. The number of carbonyl (C=O) groups excluding carboxylic acids is 1. The number of rotatable bonds is 2. The van der Waals surface area contributed by atoms with Crippen LogP contribution < -0.4 is 20.3 Å². The Kier molecular flexibility index (Phi) is 2.86. The summed E-state index contributed by atoms with van der Waals surface area (Å²) in [4.78, 5) is 30.0. The highest BCUT2D eigenvalue weighted by atomic mass is 16.7. The predicted molar refractivity (Wildman–Crippen MR) is 70.1 cm³/mol. The Morgan fingerprint density at radius 3 is 2.95 bits per heavy atom. The Hall–Kier alpha value is -2.83. The number of nitrogens with zero attached hydrogens (tertiary/aromatic N) is 1. The number of aryl methyl sites for hydroxylation is 1. The molecule has 1 aliphatic heterocycles. The number of amides is 1. The van der Waals surface area contributed by atoms with Crippen molar-refractivity contribution in [2.45, 2.75) is 6.92 Å². The van der Waals surface area contributed by atoms with E-state index in [1.54, 1.807) is 25.1 Å². The molecule has 0 saturated heterocycles. The number of carbonyl (C=O) groups is 1. The second kappa shape index (κ2) is 4.69. The lowest BCUT2D eigenvalue weighted by atomic mass is 10.2. The summed E-state index contributed by atoms with van der Waals surface area (Å²) in [5.74, 6) is 1.10. The monoisotopic (exact) mass is 273 g/mol. The van der Waals surface area contributed by atoms with Crippen LogP contribution in [0.25, 0.3) is 0 Å². The fourth-order valence-corrected chi connectivity index (χ4v) is 1.82. The summed E-state index contributed by atoms with van der Waals surface area (Å²) in [5, 5.41) is 2.61. The van der Waals surface area contributed by atoms with Crippen LogP contribution in [-0.4, -0.2) is 22.7 Å². The van der Waals surface area contributed by atoms with Gasteiger partial charge >= 0.3 is 0 Å². The van der Waals surface area contributed by atoms with E-state index in [1.165, 1.54) is 6.20 Å². The highest BCUT2D eigenvalue weighted by molar-refractivity contribution is 6.03. The van der Waals surface area contributed by atoms with Gasteiger partial charge in [-0.3, -0.25) is 9.59 Å². The second-order valence-corrected chi connectivity index (χ2v) is 4.23. The molecular weight excluding hydrogens is 262 g/mol. The van der Waals surface area contributed by atoms with E-state index in [0.29, 0.717) is 23.0 Å². The number of benzene rings is 1. The van der Waals surface area contributed by atoms with E-state index in [4.69, 9.17) is 9.47 Å². The zero-order chi connectivity index (χ0) is 14.1. The number of aromatic amines is 1. The van der Waals surface area contributed by atoms with Crippen LogP contribution in [0.5, 0.6) is 11.5 Å². The van der Waals surface area contributed by atoms with Crippen molar-refractivity contribution in [2.24, 2.45) is 0 Å². The normalized spacial score (nSPS) is 12.2. The summed E-state index contributed by atoms with van der Waals surface area (Å²) >= 11 is 0. The molecule has 0 spiro atoms. The van der Waals surface area contributed by atoms with Gasteiger partial charge in [-0.15, -0.1) is 0 Å². The molecule has 0 saturated carbocycles. The number of H-pyrrole nitrogens is 1. The van der Waals surface area contributed by atoms with E-state index in [0.717, 1.165) is 0 Å². The minimum atomic E-state index is -0.530. The first kappa shape index (κ1) is 12.2. The number of hydrogen-bond acceptors (Lipinski definition) is 5. The van der Waals surface area contributed by atoms with Crippen LogP contribution in [0.1, 0.15) is 16.2 Å². The van der Waals surface area contributed by atoms with Crippen LogP contribution in [0.3, 0.4) is 0 Å². The first-order valence-corrected chi connectivity index (χ1v) is 5.90.